The summed E-state index contributed by atoms with van der Waals surface area (Å²) in [6.45, 7) is 1.98. The smallest absolute Gasteiger partial charge is 0.329 e. The van der Waals surface area contributed by atoms with E-state index < -0.39 is 23.5 Å². The van der Waals surface area contributed by atoms with Gasteiger partial charge in [-0.2, -0.15) is 0 Å². The second-order valence-corrected chi connectivity index (χ2v) is 6.39. The van der Waals surface area contributed by atoms with Crippen molar-refractivity contribution in [2.24, 2.45) is 17.6 Å². The van der Waals surface area contributed by atoms with Crippen LogP contribution in [0, 0.1) is 11.8 Å². The van der Waals surface area contributed by atoms with Crippen molar-refractivity contribution in [3.63, 3.8) is 0 Å². The number of hydrogen-bond acceptors (Lipinski definition) is 4. The zero-order valence-corrected chi connectivity index (χ0v) is 12.2. The Hall–Kier alpha value is -1.63. The van der Waals surface area contributed by atoms with Crippen LogP contribution in [0.4, 0.5) is 0 Å². The maximum absolute atomic E-state index is 12.1. The van der Waals surface area contributed by atoms with Crippen molar-refractivity contribution in [2.75, 3.05) is 6.54 Å². The summed E-state index contributed by atoms with van der Waals surface area (Å²) in [5.74, 6) is -1.65. The lowest BCUT2D eigenvalue weighted by molar-refractivity contribution is -0.148. The van der Waals surface area contributed by atoms with Gasteiger partial charge in [0.05, 0.1) is 6.04 Å². The molecule has 0 aromatic rings. The van der Waals surface area contributed by atoms with Crippen molar-refractivity contribution in [3.05, 3.63) is 0 Å². The highest BCUT2D eigenvalue weighted by Crippen LogP contribution is 2.33. The maximum atomic E-state index is 12.1. The van der Waals surface area contributed by atoms with Crippen molar-refractivity contribution in [1.82, 2.24) is 10.6 Å². The van der Waals surface area contributed by atoms with Gasteiger partial charge >= 0.3 is 5.97 Å². The first-order valence-corrected chi connectivity index (χ1v) is 7.40. The molecule has 2 fully saturated rings. The van der Waals surface area contributed by atoms with Crippen LogP contribution in [0.5, 0.6) is 0 Å². The van der Waals surface area contributed by atoms with Crippen LogP contribution in [0.1, 0.15) is 39.0 Å². The minimum absolute atomic E-state index is 0.0794. The summed E-state index contributed by atoms with van der Waals surface area (Å²) in [5.41, 5.74) is 4.35. The van der Waals surface area contributed by atoms with Crippen LogP contribution in [0.15, 0.2) is 0 Å². The molecule has 2 amide bonds. The predicted octanol–water partition coefficient (Wildman–Crippen LogP) is -0.400. The van der Waals surface area contributed by atoms with Gasteiger partial charge in [-0.3, -0.25) is 9.59 Å². The molecule has 5 N–H and O–H groups in total. The standard InChI is InChI=1S/C14H23N3O4/c1-14(13(20)21,7-9-4-5-16-11(9)18)17-12(19)10(15)6-8-2-3-8/h8-10H,2-7,15H2,1H3,(H,16,18)(H,17,19)(H,20,21). The lowest BCUT2D eigenvalue weighted by Gasteiger charge is -2.29. The molecule has 3 atom stereocenters. The Bertz CT molecular complexity index is 450. The molecule has 7 nitrogen and oxygen atoms in total. The van der Waals surface area contributed by atoms with Crippen molar-refractivity contribution < 1.29 is 19.5 Å². The zero-order chi connectivity index (χ0) is 15.6. The fraction of sp³-hybridized carbons (Fsp3) is 0.786. The Morgan fingerprint density at radius 1 is 1.48 bits per heavy atom. The lowest BCUT2D eigenvalue weighted by Crippen LogP contribution is -2.57. The van der Waals surface area contributed by atoms with E-state index in [1.54, 1.807) is 0 Å². The van der Waals surface area contributed by atoms with Crippen molar-refractivity contribution in [3.8, 4) is 0 Å². The molecular weight excluding hydrogens is 274 g/mol. The molecular formula is C14H23N3O4. The summed E-state index contributed by atoms with van der Waals surface area (Å²) in [6, 6.07) is -0.687. The Kier molecular flexibility index (Phi) is 4.51. The minimum Gasteiger partial charge on any atom is -0.480 e. The Morgan fingerprint density at radius 2 is 2.14 bits per heavy atom. The summed E-state index contributed by atoms with van der Waals surface area (Å²) >= 11 is 0. The molecule has 0 bridgehead atoms. The molecule has 1 aliphatic heterocycles. The third-order valence-corrected chi connectivity index (χ3v) is 4.31. The summed E-state index contributed by atoms with van der Waals surface area (Å²) in [6.07, 6.45) is 3.42. The molecule has 3 unspecified atom stereocenters. The van der Waals surface area contributed by atoms with Crippen LogP contribution in [0.3, 0.4) is 0 Å². The Labute approximate surface area is 123 Å². The highest BCUT2D eigenvalue weighted by Gasteiger charge is 2.41. The van der Waals surface area contributed by atoms with Gasteiger partial charge in [-0.25, -0.2) is 4.79 Å². The van der Waals surface area contributed by atoms with Crippen LogP contribution >= 0.6 is 0 Å². The summed E-state index contributed by atoms with van der Waals surface area (Å²) in [4.78, 5) is 35.2. The van der Waals surface area contributed by atoms with E-state index in [0.717, 1.165) is 12.8 Å². The fourth-order valence-electron chi connectivity index (χ4n) is 2.71. The van der Waals surface area contributed by atoms with Crippen LogP contribution in [-0.2, 0) is 14.4 Å². The molecule has 0 radical (unpaired) electrons. The van der Waals surface area contributed by atoms with Gasteiger partial charge in [-0.05, 0) is 32.1 Å². The van der Waals surface area contributed by atoms with Gasteiger partial charge in [-0.1, -0.05) is 12.8 Å². The van der Waals surface area contributed by atoms with Crippen LogP contribution < -0.4 is 16.4 Å². The normalized spacial score (nSPS) is 25.8. The van der Waals surface area contributed by atoms with Gasteiger partial charge in [-0.15, -0.1) is 0 Å². The largest absolute Gasteiger partial charge is 0.480 e. The molecule has 2 aliphatic rings. The van der Waals surface area contributed by atoms with Gasteiger partial charge in [0.2, 0.25) is 11.8 Å². The topological polar surface area (TPSA) is 122 Å². The quantitative estimate of drug-likeness (QED) is 0.509. The third-order valence-electron chi connectivity index (χ3n) is 4.31. The number of rotatable bonds is 7. The van der Waals surface area contributed by atoms with Gasteiger partial charge in [0.1, 0.15) is 5.54 Å². The van der Waals surface area contributed by atoms with E-state index in [9.17, 15) is 19.5 Å². The molecule has 7 heteroatoms. The number of aliphatic carboxylic acids is 1. The number of carbonyl (C=O) groups excluding carboxylic acids is 2. The van der Waals surface area contributed by atoms with E-state index in [0.29, 0.717) is 25.3 Å². The Balaban J connectivity index is 1.97. The van der Waals surface area contributed by atoms with Gasteiger partial charge in [0.25, 0.3) is 0 Å². The predicted molar refractivity (Wildman–Crippen MR) is 75.2 cm³/mol. The first kappa shape index (κ1) is 15.8. The summed E-state index contributed by atoms with van der Waals surface area (Å²) in [5, 5.41) is 14.6. The number of carbonyl (C=O) groups is 3. The SMILES string of the molecule is CC(CC1CCNC1=O)(NC(=O)C(N)CC1CC1)C(=O)O. The van der Waals surface area contributed by atoms with Crippen molar-refractivity contribution in [2.45, 2.75) is 50.6 Å². The highest BCUT2D eigenvalue weighted by atomic mass is 16.4. The zero-order valence-electron chi connectivity index (χ0n) is 12.2. The van der Waals surface area contributed by atoms with E-state index in [-0.39, 0.29) is 18.2 Å². The first-order valence-electron chi connectivity index (χ1n) is 7.40. The summed E-state index contributed by atoms with van der Waals surface area (Å²) in [7, 11) is 0. The maximum Gasteiger partial charge on any atom is 0.329 e. The Morgan fingerprint density at radius 3 is 2.62 bits per heavy atom. The van der Waals surface area contributed by atoms with E-state index >= 15 is 0 Å². The van der Waals surface area contributed by atoms with Crippen LogP contribution in [0.2, 0.25) is 0 Å². The van der Waals surface area contributed by atoms with E-state index in [4.69, 9.17) is 5.73 Å². The molecule has 1 saturated heterocycles. The van der Waals surface area contributed by atoms with Gasteiger partial charge in [0.15, 0.2) is 0 Å². The molecule has 118 valence electrons. The molecule has 0 aromatic carbocycles. The average Bonchev–Trinajstić information content (AvgIpc) is 3.13. The minimum atomic E-state index is -1.47. The first-order chi connectivity index (χ1) is 9.82. The molecule has 1 aliphatic carbocycles. The second kappa shape index (κ2) is 6.01. The molecule has 0 spiro atoms. The van der Waals surface area contributed by atoms with Crippen molar-refractivity contribution in [1.29, 1.82) is 0 Å². The molecule has 1 saturated carbocycles. The molecule has 2 rings (SSSR count). The van der Waals surface area contributed by atoms with Gasteiger partial charge in [0, 0.05) is 12.5 Å². The number of carboxylic acids is 1. The van der Waals surface area contributed by atoms with Gasteiger partial charge < -0.3 is 21.5 Å². The van der Waals surface area contributed by atoms with Crippen LogP contribution in [-0.4, -0.2) is 41.0 Å². The number of nitrogens with one attached hydrogen (secondary N) is 2. The molecule has 21 heavy (non-hydrogen) atoms. The molecule has 1 heterocycles. The molecule has 0 aromatic heterocycles. The number of amides is 2. The fourth-order valence-corrected chi connectivity index (χ4v) is 2.71. The van der Waals surface area contributed by atoms with Crippen molar-refractivity contribution >= 4 is 17.8 Å². The number of carboxylic acid groups (broad SMARTS) is 1. The second-order valence-electron chi connectivity index (χ2n) is 6.39. The van der Waals surface area contributed by atoms with E-state index in [1.807, 2.05) is 0 Å². The van der Waals surface area contributed by atoms with E-state index in [1.165, 1.54) is 6.92 Å². The number of hydrogen-bond donors (Lipinski definition) is 4. The van der Waals surface area contributed by atoms with Crippen LogP contribution in [0.25, 0.3) is 0 Å². The number of nitrogens with two attached hydrogens (primary N) is 1. The average molecular weight is 297 g/mol. The summed E-state index contributed by atoms with van der Waals surface area (Å²) < 4.78 is 0. The monoisotopic (exact) mass is 297 g/mol. The van der Waals surface area contributed by atoms with E-state index in [2.05, 4.69) is 10.6 Å². The highest BCUT2D eigenvalue weighted by molar-refractivity contribution is 5.90. The third kappa shape index (κ3) is 3.93. The lowest BCUT2D eigenvalue weighted by atomic mass is 9.87.